The van der Waals surface area contributed by atoms with Crippen molar-refractivity contribution in [2.75, 3.05) is 18.6 Å². The van der Waals surface area contributed by atoms with Crippen molar-refractivity contribution in [3.8, 4) is 5.75 Å². The Morgan fingerprint density at radius 1 is 1.16 bits per heavy atom. The number of nitrogens with one attached hydrogen (secondary N) is 1. The van der Waals surface area contributed by atoms with Crippen molar-refractivity contribution >= 4 is 21.6 Å². The second kappa shape index (κ2) is 6.85. The van der Waals surface area contributed by atoms with Crippen molar-refractivity contribution in [3.05, 3.63) is 54.1 Å². The molecule has 0 saturated carbocycles. The first-order valence-corrected chi connectivity index (χ1v) is 9.41. The summed E-state index contributed by atoms with van der Waals surface area (Å²) in [6.07, 6.45) is 0.142. The number of ether oxygens (including phenoxy) is 1. The number of anilines is 1. The average molecular weight is 360 g/mol. The zero-order valence-electron chi connectivity index (χ0n) is 14.1. The van der Waals surface area contributed by atoms with Crippen LogP contribution in [0.1, 0.15) is 12.0 Å². The Hall–Kier alpha value is -2.38. The van der Waals surface area contributed by atoms with Crippen LogP contribution >= 0.6 is 0 Å². The summed E-state index contributed by atoms with van der Waals surface area (Å²) >= 11 is 0. The molecule has 25 heavy (non-hydrogen) atoms. The highest BCUT2D eigenvalue weighted by molar-refractivity contribution is 7.89. The summed E-state index contributed by atoms with van der Waals surface area (Å²) in [5.74, 6) is 0.537. The van der Waals surface area contributed by atoms with E-state index in [1.807, 2.05) is 30.3 Å². The lowest BCUT2D eigenvalue weighted by atomic mass is 10.2. The fraction of sp³-hybridized carbons (Fsp3) is 0.278. The number of carbonyl (C=O) groups excluding carboxylic acids is 1. The van der Waals surface area contributed by atoms with Crippen LogP contribution in [-0.2, 0) is 14.8 Å². The molecule has 1 saturated heterocycles. The molecule has 0 aromatic heterocycles. The number of para-hydroxylation sites is 1. The molecule has 0 radical (unpaired) electrons. The SMILES string of the molecule is COc1ccc(S(=O)(=O)N[C@H]2CC(=O)N(c3ccccc3)C2)cc1C. The van der Waals surface area contributed by atoms with Crippen molar-refractivity contribution < 1.29 is 17.9 Å². The maximum atomic E-state index is 12.6. The quantitative estimate of drug-likeness (QED) is 0.886. The Morgan fingerprint density at radius 2 is 1.88 bits per heavy atom. The Bertz CT molecular complexity index is 881. The number of rotatable bonds is 5. The molecule has 1 aliphatic rings. The summed E-state index contributed by atoms with van der Waals surface area (Å²) in [5.41, 5.74) is 1.51. The average Bonchev–Trinajstić information content (AvgIpc) is 2.95. The van der Waals surface area contributed by atoms with E-state index in [-0.39, 0.29) is 17.2 Å². The second-order valence-electron chi connectivity index (χ2n) is 5.99. The molecule has 132 valence electrons. The van der Waals surface area contributed by atoms with Gasteiger partial charge in [-0.2, -0.15) is 0 Å². The lowest BCUT2D eigenvalue weighted by Crippen LogP contribution is -2.37. The molecule has 1 aliphatic heterocycles. The van der Waals surface area contributed by atoms with Crippen LogP contribution in [0.3, 0.4) is 0 Å². The summed E-state index contributed by atoms with van der Waals surface area (Å²) < 4.78 is 33.0. The summed E-state index contributed by atoms with van der Waals surface area (Å²) in [6, 6.07) is 13.5. The standard InChI is InChI=1S/C18H20N2O4S/c1-13-10-16(8-9-17(13)24-2)25(22,23)19-14-11-18(21)20(12-14)15-6-4-3-5-7-15/h3-10,14,19H,11-12H2,1-2H3/t14-/m0/s1. The number of sulfonamides is 1. The highest BCUT2D eigenvalue weighted by atomic mass is 32.2. The number of hydrogen-bond acceptors (Lipinski definition) is 4. The zero-order chi connectivity index (χ0) is 18.0. The maximum Gasteiger partial charge on any atom is 0.240 e. The molecule has 6 nitrogen and oxygen atoms in total. The van der Waals surface area contributed by atoms with Gasteiger partial charge in [-0.05, 0) is 42.8 Å². The van der Waals surface area contributed by atoms with E-state index in [9.17, 15) is 13.2 Å². The maximum absolute atomic E-state index is 12.6. The molecule has 0 aliphatic carbocycles. The molecule has 2 aromatic carbocycles. The molecule has 7 heteroatoms. The van der Waals surface area contributed by atoms with Gasteiger partial charge >= 0.3 is 0 Å². The van der Waals surface area contributed by atoms with E-state index in [1.54, 1.807) is 24.0 Å². The van der Waals surface area contributed by atoms with Gasteiger partial charge in [0, 0.05) is 24.7 Å². The van der Waals surface area contributed by atoms with Gasteiger partial charge in [-0.25, -0.2) is 13.1 Å². The first-order valence-electron chi connectivity index (χ1n) is 7.93. The molecular weight excluding hydrogens is 340 g/mol. The Kier molecular flexibility index (Phi) is 4.78. The van der Waals surface area contributed by atoms with Gasteiger partial charge in [-0.15, -0.1) is 0 Å². The minimum absolute atomic E-state index is 0.0928. The predicted octanol–water partition coefficient (Wildman–Crippen LogP) is 2.09. The minimum Gasteiger partial charge on any atom is -0.496 e. The van der Waals surface area contributed by atoms with Crippen LogP contribution in [-0.4, -0.2) is 34.0 Å². The first-order chi connectivity index (χ1) is 11.9. The molecule has 0 bridgehead atoms. The lowest BCUT2D eigenvalue weighted by molar-refractivity contribution is -0.117. The van der Waals surface area contributed by atoms with E-state index in [0.717, 1.165) is 11.3 Å². The molecule has 0 spiro atoms. The van der Waals surface area contributed by atoms with Gasteiger partial charge in [0.05, 0.1) is 12.0 Å². The molecule has 0 unspecified atom stereocenters. The molecule has 2 aromatic rings. The highest BCUT2D eigenvalue weighted by Crippen LogP contribution is 2.24. The predicted molar refractivity (Wildman–Crippen MR) is 95.3 cm³/mol. The molecule has 1 atom stereocenters. The summed E-state index contributed by atoms with van der Waals surface area (Å²) in [4.78, 5) is 14.0. The summed E-state index contributed by atoms with van der Waals surface area (Å²) in [6.45, 7) is 2.10. The molecule has 1 fully saturated rings. The van der Waals surface area contributed by atoms with E-state index in [2.05, 4.69) is 4.72 Å². The van der Waals surface area contributed by atoms with Gasteiger partial charge in [-0.1, -0.05) is 18.2 Å². The first kappa shape index (κ1) is 17.4. The van der Waals surface area contributed by atoms with Crippen LogP contribution < -0.4 is 14.4 Å². The van der Waals surface area contributed by atoms with Gasteiger partial charge in [0.15, 0.2) is 0 Å². The third-order valence-corrected chi connectivity index (χ3v) is 5.71. The van der Waals surface area contributed by atoms with Crippen LogP contribution in [0.25, 0.3) is 0 Å². The lowest BCUT2D eigenvalue weighted by Gasteiger charge is -2.17. The van der Waals surface area contributed by atoms with Crippen molar-refractivity contribution in [3.63, 3.8) is 0 Å². The van der Waals surface area contributed by atoms with Gasteiger partial charge in [0.1, 0.15) is 5.75 Å². The molecule has 1 amide bonds. The fourth-order valence-corrected chi connectivity index (χ4v) is 4.26. The monoisotopic (exact) mass is 360 g/mol. The van der Waals surface area contributed by atoms with Gasteiger partial charge in [0.25, 0.3) is 0 Å². The zero-order valence-corrected chi connectivity index (χ0v) is 14.9. The van der Waals surface area contributed by atoms with E-state index in [1.165, 1.54) is 13.2 Å². The summed E-state index contributed by atoms with van der Waals surface area (Å²) in [7, 11) is -2.17. The van der Waals surface area contributed by atoms with E-state index in [0.29, 0.717) is 12.3 Å². The summed E-state index contributed by atoms with van der Waals surface area (Å²) in [5, 5.41) is 0. The van der Waals surface area contributed by atoms with E-state index < -0.39 is 16.1 Å². The fourth-order valence-electron chi connectivity index (χ4n) is 2.95. The molecule has 3 rings (SSSR count). The number of carbonyl (C=O) groups is 1. The number of hydrogen-bond donors (Lipinski definition) is 1. The van der Waals surface area contributed by atoms with Crippen LogP contribution in [0, 0.1) is 6.92 Å². The van der Waals surface area contributed by atoms with Crippen LogP contribution in [0.5, 0.6) is 5.75 Å². The third kappa shape index (κ3) is 3.67. The Morgan fingerprint density at radius 3 is 2.52 bits per heavy atom. The molecule has 1 N–H and O–H groups in total. The van der Waals surface area contributed by atoms with Crippen LogP contribution in [0.15, 0.2) is 53.4 Å². The van der Waals surface area contributed by atoms with Crippen molar-refractivity contribution in [1.29, 1.82) is 0 Å². The number of aryl methyl sites for hydroxylation is 1. The van der Waals surface area contributed by atoms with E-state index >= 15 is 0 Å². The van der Waals surface area contributed by atoms with Crippen LogP contribution in [0.4, 0.5) is 5.69 Å². The highest BCUT2D eigenvalue weighted by Gasteiger charge is 2.33. The van der Waals surface area contributed by atoms with Crippen molar-refractivity contribution in [2.45, 2.75) is 24.3 Å². The Balaban J connectivity index is 1.76. The largest absolute Gasteiger partial charge is 0.496 e. The molecular formula is C18H20N2O4S. The number of methoxy groups -OCH3 is 1. The van der Waals surface area contributed by atoms with Gasteiger partial charge in [-0.3, -0.25) is 4.79 Å². The van der Waals surface area contributed by atoms with E-state index in [4.69, 9.17) is 4.74 Å². The number of amides is 1. The van der Waals surface area contributed by atoms with Crippen LogP contribution in [0.2, 0.25) is 0 Å². The third-order valence-electron chi connectivity index (χ3n) is 4.19. The smallest absolute Gasteiger partial charge is 0.240 e. The second-order valence-corrected chi connectivity index (χ2v) is 7.71. The number of nitrogens with zero attached hydrogens (tertiary/aromatic N) is 1. The normalized spacial score (nSPS) is 17.8. The topological polar surface area (TPSA) is 75.7 Å². The number of benzene rings is 2. The minimum atomic E-state index is -3.70. The van der Waals surface area contributed by atoms with Gasteiger partial charge in [0.2, 0.25) is 15.9 Å². The van der Waals surface area contributed by atoms with Crippen molar-refractivity contribution in [1.82, 2.24) is 4.72 Å². The Labute approximate surface area is 147 Å². The molecule has 1 heterocycles. The van der Waals surface area contributed by atoms with Gasteiger partial charge < -0.3 is 9.64 Å². The van der Waals surface area contributed by atoms with Crippen molar-refractivity contribution in [2.24, 2.45) is 0 Å².